The number of carbonyl (C=O) groups excluding carboxylic acids is 1. The van der Waals surface area contributed by atoms with E-state index in [9.17, 15) is 17.6 Å². The van der Waals surface area contributed by atoms with Crippen LogP contribution in [0.2, 0.25) is 0 Å². The van der Waals surface area contributed by atoms with Crippen LogP contribution >= 0.6 is 11.3 Å². The van der Waals surface area contributed by atoms with Crippen LogP contribution in [0, 0.1) is 5.82 Å². The van der Waals surface area contributed by atoms with Crippen LogP contribution in [-0.4, -0.2) is 25.9 Å². The lowest BCUT2D eigenvalue weighted by molar-refractivity contribution is 0.0515. The van der Waals surface area contributed by atoms with Crippen molar-refractivity contribution in [1.29, 1.82) is 0 Å². The predicted molar refractivity (Wildman–Crippen MR) is 79.3 cm³/mol. The summed E-state index contributed by atoms with van der Waals surface area (Å²) in [6, 6.07) is 6.52. The fourth-order valence-corrected chi connectivity index (χ4v) is 4.85. The molecule has 0 fully saturated rings. The molecule has 0 spiro atoms. The van der Waals surface area contributed by atoms with Gasteiger partial charge in [-0.2, -0.15) is 0 Å². The predicted octanol–water partition coefficient (Wildman–Crippen LogP) is 2.63. The maximum Gasteiger partial charge on any atom is 0.365 e. The third-order valence-corrected chi connectivity index (χ3v) is 6.43. The molecule has 0 unspecified atom stereocenters. The molecule has 1 aromatic heterocycles. The Kier molecular flexibility index (Phi) is 3.79. The number of fused-ring (bicyclic) bond motifs is 1. The summed E-state index contributed by atoms with van der Waals surface area (Å²) in [6.45, 7) is 0. The SMILES string of the molecule is O=C(ON=C1CCS(=O)(=O)c2sccc21)c1ccc(F)cc1. The minimum absolute atomic E-state index is 0.0621. The van der Waals surface area contributed by atoms with E-state index in [1.165, 1.54) is 12.1 Å². The number of oxime groups is 1. The summed E-state index contributed by atoms with van der Waals surface area (Å²) in [5, 5.41) is 5.43. The molecule has 0 atom stereocenters. The Morgan fingerprint density at radius 1 is 1.23 bits per heavy atom. The van der Waals surface area contributed by atoms with E-state index in [1.54, 1.807) is 11.4 Å². The topological polar surface area (TPSA) is 72.8 Å². The van der Waals surface area contributed by atoms with Gasteiger partial charge in [0, 0.05) is 12.0 Å². The molecule has 0 saturated heterocycles. The van der Waals surface area contributed by atoms with Crippen molar-refractivity contribution in [3.8, 4) is 0 Å². The molecule has 2 aromatic rings. The summed E-state index contributed by atoms with van der Waals surface area (Å²) >= 11 is 1.12. The highest BCUT2D eigenvalue weighted by atomic mass is 32.2. The average molecular weight is 339 g/mol. The number of benzene rings is 1. The van der Waals surface area contributed by atoms with Crippen LogP contribution in [0.5, 0.6) is 0 Å². The van der Waals surface area contributed by atoms with E-state index in [1.807, 2.05) is 0 Å². The highest BCUT2D eigenvalue weighted by molar-refractivity contribution is 7.93. The van der Waals surface area contributed by atoms with Gasteiger partial charge in [-0.1, -0.05) is 5.16 Å². The zero-order valence-electron chi connectivity index (χ0n) is 11.2. The summed E-state index contributed by atoms with van der Waals surface area (Å²) in [5.41, 5.74) is 1.06. The highest BCUT2D eigenvalue weighted by Gasteiger charge is 2.29. The molecule has 1 aromatic carbocycles. The van der Waals surface area contributed by atoms with Crippen molar-refractivity contribution in [3.05, 3.63) is 52.7 Å². The molecule has 22 heavy (non-hydrogen) atoms. The fourth-order valence-electron chi connectivity index (χ4n) is 2.04. The van der Waals surface area contributed by atoms with Gasteiger partial charge in [0.1, 0.15) is 10.0 Å². The first kappa shape index (κ1) is 14.9. The summed E-state index contributed by atoms with van der Waals surface area (Å²) in [5.74, 6) is -1.24. The Bertz CT molecular complexity index is 853. The molecule has 1 aliphatic rings. The number of sulfone groups is 1. The van der Waals surface area contributed by atoms with Crippen LogP contribution in [0.25, 0.3) is 0 Å². The second-order valence-electron chi connectivity index (χ2n) is 4.61. The molecule has 0 saturated carbocycles. The third-order valence-electron chi connectivity index (χ3n) is 3.15. The number of rotatable bonds is 2. The molecule has 5 nitrogen and oxygen atoms in total. The first-order valence-electron chi connectivity index (χ1n) is 6.32. The Morgan fingerprint density at radius 2 is 1.95 bits per heavy atom. The standard InChI is InChI=1S/C14H10FNO4S2/c15-10-3-1-9(2-4-10)13(17)20-16-12-6-8-22(18,19)14-11(12)5-7-21-14/h1-5,7H,6,8H2. The smallest absolute Gasteiger partial charge is 0.313 e. The number of thiophene rings is 1. The van der Waals surface area contributed by atoms with Crippen LogP contribution in [-0.2, 0) is 14.7 Å². The normalized spacial score (nSPS) is 18.0. The van der Waals surface area contributed by atoms with E-state index in [-0.39, 0.29) is 21.9 Å². The maximum absolute atomic E-state index is 12.8. The van der Waals surface area contributed by atoms with Gasteiger partial charge in [0.05, 0.1) is 17.0 Å². The fraction of sp³-hybridized carbons (Fsp3) is 0.143. The lowest BCUT2D eigenvalue weighted by Crippen LogP contribution is -2.20. The second kappa shape index (κ2) is 5.62. The molecule has 1 aliphatic heterocycles. The Morgan fingerprint density at radius 3 is 2.68 bits per heavy atom. The van der Waals surface area contributed by atoms with Crippen molar-refractivity contribution in [3.63, 3.8) is 0 Å². The average Bonchev–Trinajstić information content (AvgIpc) is 2.98. The maximum atomic E-state index is 12.8. The Balaban J connectivity index is 1.82. The van der Waals surface area contributed by atoms with E-state index < -0.39 is 21.6 Å². The summed E-state index contributed by atoms with van der Waals surface area (Å²) < 4.78 is 36.8. The van der Waals surface area contributed by atoms with Crippen LogP contribution < -0.4 is 0 Å². The second-order valence-corrected chi connectivity index (χ2v) is 7.83. The lowest BCUT2D eigenvalue weighted by Gasteiger charge is -2.13. The van der Waals surface area contributed by atoms with E-state index >= 15 is 0 Å². The van der Waals surface area contributed by atoms with Crippen molar-refractivity contribution >= 4 is 32.9 Å². The number of halogens is 1. The molecule has 0 amide bonds. The van der Waals surface area contributed by atoms with E-state index in [4.69, 9.17) is 4.84 Å². The third kappa shape index (κ3) is 2.79. The highest BCUT2D eigenvalue weighted by Crippen LogP contribution is 2.30. The summed E-state index contributed by atoms with van der Waals surface area (Å²) in [7, 11) is -3.27. The first-order valence-corrected chi connectivity index (χ1v) is 8.85. The minimum Gasteiger partial charge on any atom is -0.313 e. The van der Waals surface area contributed by atoms with Gasteiger partial charge in [-0.25, -0.2) is 17.6 Å². The van der Waals surface area contributed by atoms with Gasteiger partial charge in [0.25, 0.3) is 0 Å². The number of nitrogens with zero attached hydrogens (tertiary/aromatic N) is 1. The van der Waals surface area contributed by atoms with Gasteiger partial charge < -0.3 is 4.84 Å². The molecule has 8 heteroatoms. The zero-order chi connectivity index (χ0) is 15.7. The van der Waals surface area contributed by atoms with E-state index in [0.717, 1.165) is 23.5 Å². The van der Waals surface area contributed by atoms with Gasteiger partial charge in [0.15, 0.2) is 9.84 Å². The van der Waals surface area contributed by atoms with Gasteiger partial charge >= 0.3 is 5.97 Å². The molecule has 0 aliphatic carbocycles. The lowest BCUT2D eigenvalue weighted by atomic mass is 10.1. The summed E-state index contributed by atoms with van der Waals surface area (Å²) in [6.07, 6.45) is 0.183. The Hall–Kier alpha value is -2.06. The van der Waals surface area contributed by atoms with Gasteiger partial charge in [-0.05, 0) is 35.7 Å². The van der Waals surface area contributed by atoms with Crippen LogP contribution in [0.4, 0.5) is 4.39 Å². The molecular formula is C14H10FNO4S2. The van der Waals surface area contributed by atoms with Gasteiger partial charge in [-0.3, -0.25) is 0 Å². The molecule has 3 rings (SSSR count). The molecule has 114 valence electrons. The first-order chi connectivity index (χ1) is 10.5. The van der Waals surface area contributed by atoms with Crippen LogP contribution in [0.3, 0.4) is 0 Å². The number of hydrogen-bond acceptors (Lipinski definition) is 6. The van der Waals surface area contributed by atoms with Crippen LogP contribution in [0.1, 0.15) is 22.3 Å². The molecule has 0 N–H and O–H groups in total. The largest absolute Gasteiger partial charge is 0.365 e. The monoisotopic (exact) mass is 339 g/mol. The molecule has 0 radical (unpaired) electrons. The van der Waals surface area contributed by atoms with Gasteiger partial charge in [-0.15, -0.1) is 11.3 Å². The Labute approximate surface area is 129 Å². The van der Waals surface area contributed by atoms with Crippen molar-refractivity contribution in [1.82, 2.24) is 0 Å². The molecule has 2 heterocycles. The van der Waals surface area contributed by atoms with Crippen LogP contribution in [0.15, 0.2) is 45.1 Å². The number of hydrogen-bond donors (Lipinski definition) is 0. The minimum atomic E-state index is -3.27. The van der Waals surface area contributed by atoms with E-state index in [0.29, 0.717) is 11.3 Å². The zero-order valence-corrected chi connectivity index (χ0v) is 12.8. The van der Waals surface area contributed by atoms with Crippen molar-refractivity contribution in [2.75, 3.05) is 5.75 Å². The van der Waals surface area contributed by atoms with Crippen molar-refractivity contribution < 1.29 is 22.4 Å². The van der Waals surface area contributed by atoms with Crippen molar-refractivity contribution in [2.45, 2.75) is 10.6 Å². The van der Waals surface area contributed by atoms with E-state index in [2.05, 4.69) is 5.16 Å². The quantitative estimate of drug-likeness (QED) is 0.623. The van der Waals surface area contributed by atoms with Crippen molar-refractivity contribution in [2.24, 2.45) is 5.16 Å². The molecular weight excluding hydrogens is 329 g/mol. The van der Waals surface area contributed by atoms with Gasteiger partial charge in [0.2, 0.25) is 0 Å². The molecule has 0 bridgehead atoms. The number of carbonyl (C=O) groups is 1. The summed E-state index contributed by atoms with van der Waals surface area (Å²) in [4.78, 5) is 16.6.